The highest BCUT2D eigenvalue weighted by molar-refractivity contribution is 9.10. The first kappa shape index (κ1) is 12.9. The fourth-order valence-corrected chi connectivity index (χ4v) is 3.00. The maximum Gasteiger partial charge on any atom is 0.0292 e. The molecule has 2 aromatic rings. The molecule has 0 heterocycles. The van der Waals surface area contributed by atoms with Crippen molar-refractivity contribution >= 4 is 15.9 Å². The molecule has 0 aromatic heterocycles. The molecule has 1 N–H and O–H groups in total. The van der Waals surface area contributed by atoms with Gasteiger partial charge in [-0.3, -0.25) is 0 Å². The summed E-state index contributed by atoms with van der Waals surface area (Å²) in [5.41, 5.74) is 4.39. The van der Waals surface area contributed by atoms with Crippen LogP contribution in [-0.2, 0) is 6.42 Å². The van der Waals surface area contributed by atoms with Gasteiger partial charge in [-0.05, 0) is 42.2 Å². The Labute approximate surface area is 123 Å². The summed E-state index contributed by atoms with van der Waals surface area (Å²) in [5.74, 6) is 0.689. The lowest BCUT2D eigenvalue weighted by molar-refractivity contribution is 0.489. The Hall–Kier alpha value is -1.12. The van der Waals surface area contributed by atoms with Gasteiger partial charge in [-0.25, -0.2) is 0 Å². The Morgan fingerprint density at radius 1 is 1.16 bits per heavy atom. The first-order valence-electron chi connectivity index (χ1n) is 6.80. The number of benzene rings is 2. The zero-order chi connectivity index (χ0) is 13.2. The van der Waals surface area contributed by atoms with Crippen molar-refractivity contribution in [1.29, 1.82) is 0 Å². The van der Waals surface area contributed by atoms with Crippen LogP contribution in [0.1, 0.15) is 35.6 Å². The van der Waals surface area contributed by atoms with Crippen molar-refractivity contribution in [1.82, 2.24) is 5.32 Å². The molecule has 0 spiro atoms. The first-order valence-corrected chi connectivity index (χ1v) is 7.60. The minimum Gasteiger partial charge on any atom is -0.310 e. The van der Waals surface area contributed by atoms with Crippen molar-refractivity contribution in [2.75, 3.05) is 6.54 Å². The van der Waals surface area contributed by atoms with Gasteiger partial charge in [0, 0.05) is 23.0 Å². The van der Waals surface area contributed by atoms with Gasteiger partial charge < -0.3 is 5.32 Å². The van der Waals surface area contributed by atoms with Gasteiger partial charge in [0.05, 0.1) is 0 Å². The molecule has 1 nitrogen and oxygen atoms in total. The second-order valence-corrected chi connectivity index (χ2v) is 6.20. The molecule has 19 heavy (non-hydrogen) atoms. The van der Waals surface area contributed by atoms with Gasteiger partial charge in [-0.15, -0.1) is 0 Å². The van der Waals surface area contributed by atoms with Gasteiger partial charge in [0.25, 0.3) is 0 Å². The third-order valence-electron chi connectivity index (χ3n) is 4.00. The van der Waals surface area contributed by atoms with Crippen LogP contribution in [0.5, 0.6) is 0 Å². The maximum atomic E-state index is 3.65. The van der Waals surface area contributed by atoms with E-state index in [1.165, 1.54) is 23.1 Å². The van der Waals surface area contributed by atoms with Gasteiger partial charge in [0.2, 0.25) is 0 Å². The molecule has 0 fully saturated rings. The van der Waals surface area contributed by atoms with Crippen molar-refractivity contribution in [2.45, 2.75) is 25.3 Å². The molecule has 2 atom stereocenters. The Kier molecular flexibility index (Phi) is 3.72. The molecule has 0 bridgehead atoms. The third-order valence-corrected chi connectivity index (χ3v) is 4.53. The van der Waals surface area contributed by atoms with Crippen LogP contribution in [0.25, 0.3) is 0 Å². The summed E-state index contributed by atoms with van der Waals surface area (Å²) in [6.07, 6.45) is 1.22. The average Bonchev–Trinajstić information content (AvgIpc) is 2.40. The van der Waals surface area contributed by atoms with Crippen molar-refractivity contribution in [3.8, 4) is 0 Å². The van der Waals surface area contributed by atoms with Crippen molar-refractivity contribution in [3.63, 3.8) is 0 Å². The van der Waals surface area contributed by atoms with Gasteiger partial charge in [-0.2, -0.15) is 0 Å². The van der Waals surface area contributed by atoms with Crippen LogP contribution in [-0.4, -0.2) is 6.54 Å². The summed E-state index contributed by atoms with van der Waals surface area (Å²) >= 11 is 3.47. The summed E-state index contributed by atoms with van der Waals surface area (Å²) in [6.45, 7) is 3.29. The van der Waals surface area contributed by atoms with Crippen molar-refractivity contribution in [2.24, 2.45) is 0 Å². The Balaban J connectivity index is 1.57. The van der Waals surface area contributed by atoms with E-state index >= 15 is 0 Å². The second kappa shape index (κ2) is 5.48. The molecule has 0 aliphatic heterocycles. The lowest BCUT2D eigenvalue weighted by atomic mass is 9.77. The quantitative estimate of drug-likeness (QED) is 0.879. The summed E-state index contributed by atoms with van der Waals surface area (Å²) in [5, 5.41) is 3.65. The number of fused-ring (bicyclic) bond motifs is 1. The molecule has 0 saturated heterocycles. The van der Waals surface area contributed by atoms with E-state index in [1.807, 2.05) is 0 Å². The topological polar surface area (TPSA) is 12.0 Å². The molecule has 1 aliphatic carbocycles. The fourth-order valence-electron chi connectivity index (χ4n) is 2.73. The molecule has 0 saturated carbocycles. The van der Waals surface area contributed by atoms with E-state index in [4.69, 9.17) is 0 Å². The predicted molar refractivity (Wildman–Crippen MR) is 83.4 cm³/mol. The van der Waals surface area contributed by atoms with Crippen LogP contribution in [0, 0.1) is 0 Å². The van der Waals surface area contributed by atoms with Crippen molar-refractivity contribution in [3.05, 3.63) is 69.7 Å². The van der Waals surface area contributed by atoms with Crippen LogP contribution < -0.4 is 5.32 Å². The number of halogens is 1. The van der Waals surface area contributed by atoms with E-state index in [0.717, 1.165) is 11.0 Å². The van der Waals surface area contributed by atoms with Crippen LogP contribution in [0.3, 0.4) is 0 Å². The Morgan fingerprint density at radius 3 is 2.63 bits per heavy atom. The van der Waals surface area contributed by atoms with E-state index < -0.39 is 0 Å². The second-order valence-electron chi connectivity index (χ2n) is 5.28. The number of nitrogens with one attached hydrogen (secondary N) is 1. The van der Waals surface area contributed by atoms with E-state index in [1.54, 1.807) is 0 Å². The average molecular weight is 316 g/mol. The van der Waals surface area contributed by atoms with E-state index in [9.17, 15) is 0 Å². The van der Waals surface area contributed by atoms with Crippen LogP contribution >= 0.6 is 15.9 Å². The largest absolute Gasteiger partial charge is 0.310 e. The van der Waals surface area contributed by atoms with Crippen LogP contribution in [0.4, 0.5) is 0 Å². The molecule has 0 radical (unpaired) electrons. The standard InChI is InChI=1S/C17H18BrN/c1-12(13-6-8-16(18)9-7-13)19-11-15-10-14-4-2-3-5-17(14)15/h2-9,12,15,19H,10-11H2,1H3. The molecule has 2 aromatic carbocycles. The monoisotopic (exact) mass is 315 g/mol. The maximum absolute atomic E-state index is 3.65. The molecule has 2 heteroatoms. The zero-order valence-corrected chi connectivity index (χ0v) is 12.7. The van der Waals surface area contributed by atoms with E-state index in [0.29, 0.717) is 12.0 Å². The fraction of sp³-hybridized carbons (Fsp3) is 0.294. The molecular weight excluding hydrogens is 298 g/mol. The minimum absolute atomic E-state index is 0.404. The Morgan fingerprint density at radius 2 is 1.89 bits per heavy atom. The van der Waals surface area contributed by atoms with Gasteiger partial charge in [-0.1, -0.05) is 52.3 Å². The highest BCUT2D eigenvalue weighted by atomic mass is 79.9. The van der Waals surface area contributed by atoms with E-state index in [-0.39, 0.29) is 0 Å². The lowest BCUT2D eigenvalue weighted by Crippen LogP contribution is -2.30. The molecule has 98 valence electrons. The lowest BCUT2D eigenvalue weighted by Gasteiger charge is -2.31. The van der Waals surface area contributed by atoms with Crippen LogP contribution in [0.15, 0.2) is 53.0 Å². The normalized spacial score (nSPS) is 18.5. The molecular formula is C17H18BrN. The first-order chi connectivity index (χ1) is 9.24. The van der Waals surface area contributed by atoms with Gasteiger partial charge >= 0.3 is 0 Å². The summed E-state index contributed by atoms with van der Waals surface area (Å²) in [7, 11) is 0. The van der Waals surface area contributed by atoms with E-state index in [2.05, 4.69) is 76.7 Å². The predicted octanol–water partition coefficient (Wildman–Crippen LogP) is 4.44. The van der Waals surface area contributed by atoms with Gasteiger partial charge in [0.1, 0.15) is 0 Å². The summed E-state index contributed by atoms with van der Waals surface area (Å²) in [4.78, 5) is 0. The summed E-state index contributed by atoms with van der Waals surface area (Å²) < 4.78 is 1.14. The van der Waals surface area contributed by atoms with Gasteiger partial charge in [0.15, 0.2) is 0 Å². The van der Waals surface area contributed by atoms with Crippen LogP contribution in [0.2, 0.25) is 0 Å². The Bertz CT molecular complexity index is 562. The molecule has 1 aliphatic rings. The number of hydrogen-bond donors (Lipinski definition) is 1. The minimum atomic E-state index is 0.404. The third kappa shape index (κ3) is 2.75. The SMILES string of the molecule is CC(NCC1Cc2ccccc21)c1ccc(Br)cc1. The van der Waals surface area contributed by atoms with Crippen molar-refractivity contribution < 1.29 is 0 Å². The number of hydrogen-bond acceptors (Lipinski definition) is 1. The number of rotatable bonds is 4. The highest BCUT2D eigenvalue weighted by Gasteiger charge is 2.25. The summed E-state index contributed by atoms with van der Waals surface area (Å²) in [6, 6.07) is 17.7. The zero-order valence-electron chi connectivity index (χ0n) is 11.1. The highest BCUT2D eigenvalue weighted by Crippen LogP contribution is 2.34. The smallest absolute Gasteiger partial charge is 0.0292 e. The molecule has 2 unspecified atom stereocenters. The molecule has 0 amide bonds. The molecule has 3 rings (SSSR count).